The lowest BCUT2D eigenvalue weighted by Gasteiger charge is -2.34. The summed E-state index contributed by atoms with van der Waals surface area (Å²) in [5.41, 5.74) is 2.56. The van der Waals surface area contributed by atoms with Crippen molar-refractivity contribution < 1.29 is 8.42 Å². The molecule has 0 atom stereocenters. The van der Waals surface area contributed by atoms with Crippen molar-refractivity contribution in [3.8, 4) is 6.07 Å². The molecule has 1 heterocycles. The van der Waals surface area contributed by atoms with Gasteiger partial charge in [-0.15, -0.1) is 0 Å². The van der Waals surface area contributed by atoms with Gasteiger partial charge in [0.1, 0.15) is 0 Å². The van der Waals surface area contributed by atoms with Crippen molar-refractivity contribution in [2.45, 2.75) is 47.4 Å². The van der Waals surface area contributed by atoms with Crippen molar-refractivity contribution in [1.29, 1.82) is 5.26 Å². The van der Waals surface area contributed by atoms with Gasteiger partial charge in [-0.25, -0.2) is 8.42 Å². The van der Waals surface area contributed by atoms with Gasteiger partial charge in [-0.3, -0.25) is 0 Å². The van der Waals surface area contributed by atoms with Crippen LogP contribution in [-0.4, -0.2) is 57.2 Å². The van der Waals surface area contributed by atoms with Gasteiger partial charge in [0, 0.05) is 28.9 Å². The largest absolute Gasteiger partial charge is 0.378 e. The number of benzene rings is 2. The highest BCUT2D eigenvalue weighted by Crippen LogP contribution is 2.36. The zero-order chi connectivity index (χ0) is 23.3. The molecule has 0 aromatic heterocycles. The zero-order valence-electron chi connectivity index (χ0n) is 19.2. The molecule has 0 saturated carbocycles. The van der Waals surface area contributed by atoms with Gasteiger partial charge in [-0.1, -0.05) is 30.0 Å². The summed E-state index contributed by atoms with van der Waals surface area (Å²) in [6.45, 7) is 5.89. The second-order valence-electron chi connectivity index (χ2n) is 8.54. The fourth-order valence-electron chi connectivity index (χ4n) is 3.80. The Labute approximate surface area is 196 Å². The van der Waals surface area contributed by atoms with Crippen LogP contribution in [0.3, 0.4) is 0 Å². The molecule has 1 saturated heterocycles. The molecule has 0 amide bonds. The van der Waals surface area contributed by atoms with E-state index in [4.69, 9.17) is 0 Å². The van der Waals surface area contributed by atoms with Gasteiger partial charge in [0.25, 0.3) is 0 Å². The van der Waals surface area contributed by atoms with Crippen molar-refractivity contribution in [2.24, 2.45) is 0 Å². The standard InChI is InChI=1S/C25H31N3O2S2/c1-19-6-7-20(2)24(16-19)31-23-9-8-21(18-26)17-25(23)32(29,30)15-5-12-28-13-10-22(11-14-28)27(3)4/h5-9,12,16-17,22H,10-11,13-15H2,1-4H3. The minimum Gasteiger partial charge on any atom is -0.378 e. The molecular weight excluding hydrogens is 438 g/mol. The average molecular weight is 470 g/mol. The first-order valence-electron chi connectivity index (χ1n) is 10.8. The maximum Gasteiger partial charge on any atom is 0.183 e. The van der Waals surface area contributed by atoms with Crippen molar-refractivity contribution in [1.82, 2.24) is 9.80 Å². The summed E-state index contributed by atoms with van der Waals surface area (Å²) in [5.74, 6) is -0.0874. The first-order chi connectivity index (χ1) is 15.2. The molecule has 0 N–H and O–H groups in total. The lowest BCUT2D eigenvalue weighted by atomic mass is 10.0. The van der Waals surface area contributed by atoms with Crippen molar-refractivity contribution in [3.63, 3.8) is 0 Å². The van der Waals surface area contributed by atoms with E-state index in [1.807, 2.05) is 32.2 Å². The van der Waals surface area contributed by atoms with Gasteiger partial charge in [-0.05, 0) is 82.4 Å². The molecular formula is C25H31N3O2S2. The van der Waals surface area contributed by atoms with E-state index >= 15 is 0 Å². The minimum atomic E-state index is -3.59. The van der Waals surface area contributed by atoms with Gasteiger partial charge < -0.3 is 9.80 Å². The van der Waals surface area contributed by atoms with Crippen molar-refractivity contribution in [2.75, 3.05) is 32.9 Å². The van der Waals surface area contributed by atoms with Crippen LogP contribution in [0.5, 0.6) is 0 Å². The minimum absolute atomic E-state index is 0.0874. The Hall–Kier alpha value is -2.27. The molecule has 1 fully saturated rings. The topological polar surface area (TPSA) is 64.4 Å². The number of hydrogen-bond donors (Lipinski definition) is 0. The lowest BCUT2D eigenvalue weighted by Crippen LogP contribution is -2.39. The fraction of sp³-hybridized carbons (Fsp3) is 0.400. The molecule has 32 heavy (non-hydrogen) atoms. The molecule has 0 bridgehead atoms. The molecule has 0 aliphatic carbocycles. The van der Waals surface area contributed by atoms with E-state index < -0.39 is 9.84 Å². The second kappa shape index (κ2) is 10.6. The summed E-state index contributed by atoms with van der Waals surface area (Å²) >= 11 is 1.44. The Morgan fingerprint density at radius 3 is 2.50 bits per heavy atom. The highest BCUT2D eigenvalue weighted by molar-refractivity contribution is 8.00. The number of piperidine rings is 1. The van der Waals surface area contributed by atoms with E-state index in [2.05, 4.69) is 36.0 Å². The Balaban J connectivity index is 1.79. The number of sulfone groups is 1. The lowest BCUT2D eigenvalue weighted by molar-refractivity contribution is 0.179. The van der Waals surface area contributed by atoms with Gasteiger partial charge in [0.05, 0.1) is 22.3 Å². The Morgan fingerprint density at radius 1 is 1.12 bits per heavy atom. The van der Waals surface area contributed by atoms with Crippen LogP contribution < -0.4 is 0 Å². The van der Waals surface area contributed by atoms with Crippen LogP contribution in [0.4, 0.5) is 0 Å². The van der Waals surface area contributed by atoms with Gasteiger partial charge in [-0.2, -0.15) is 5.26 Å². The molecule has 170 valence electrons. The van der Waals surface area contributed by atoms with Crippen LogP contribution >= 0.6 is 11.8 Å². The van der Waals surface area contributed by atoms with Crippen LogP contribution in [-0.2, 0) is 9.84 Å². The van der Waals surface area contributed by atoms with Gasteiger partial charge in [0.15, 0.2) is 9.84 Å². The van der Waals surface area contributed by atoms with Crippen molar-refractivity contribution >= 4 is 21.6 Å². The molecule has 0 unspecified atom stereocenters. The maximum atomic E-state index is 13.2. The molecule has 0 spiro atoms. The SMILES string of the molecule is Cc1ccc(C)c(Sc2ccc(C#N)cc2S(=O)(=O)CC=CN2CCC(N(C)C)CC2)c1. The highest BCUT2D eigenvalue weighted by Gasteiger charge is 2.21. The molecule has 3 rings (SSSR count). The van der Waals surface area contributed by atoms with Crippen LogP contribution in [0.2, 0.25) is 0 Å². The molecule has 2 aromatic carbocycles. The van der Waals surface area contributed by atoms with E-state index in [-0.39, 0.29) is 10.6 Å². The molecule has 1 aliphatic heterocycles. The maximum absolute atomic E-state index is 13.2. The first-order valence-corrected chi connectivity index (χ1v) is 13.3. The van der Waals surface area contributed by atoms with Crippen LogP contribution in [0.15, 0.2) is 63.4 Å². The quantitative estimate of drug-likeness (QED) is 0.589. The number of rotatable bonds is 7. The predicted molar refractivity (Wildman–Crippen MR) is 131 cm³/mol. The van der Waals surface area contributed by atoms with Crippen LogP contribution in [0.25, 0.3) is 0 Å². The third kappa shape index (κ3) is 6.16. The normalized spacial score (nSPS) is 15.4. The van der Waals surface area contributed by atoms with E-state index in [1.165, 1.54) is 17.8 Å². The first kappa shape index (κ1) is 24.4. The molecule has 2 aromatic rings. The Morgan fingerprint density at radius 2 is 1.84 bits per heavy atom. The summed E-state index contributed by atoms with van der Waals surface area (Å²) in [6.07, 6.45) is 5.79. The summed E-state index contributed by atoms with van der Waals surface area (Å²) in [5, 5.41) is 9.32. The molecule has 7 heteroatoms. The van der Waals surface area contributed by atoms with E-state index in [0.717, 1.165) is 42.0 Å². The number of hydrogen-bond acceptors (Lipinski definition) is 6. The monoisotopic (exact) mass is 469 g/mol. The summed E-state index contributed by atoms with van der Waals surface area (Å²) in [6, 6.07) is 13.7. The van der Waals surface area contributed by atoms with Crippen LogP contribution in [0.1, 0.15) is 29.5 Å². The van der Waals surface area contributed by atoms with Crippen LogP contribution in [0, 0.1) is 25.2 Å². The molecule has 1 aliphatic rings. The zero-order valence-corrected chi connectivity index (χ0v) is 20.8. The van der Waals surface area contributed by atoms with Gasteiger partial charge >= 0.3 is 0 Å². The number of nitriles is 1. The van der Waals surface area contributed by atoms with E-state index in [9.17, 15) is 13.7 Å². The highest BCUT2D eigenvalue weighted by atomic mass is 32.2. The summed E-state index contributed by atoms with van der Waals surface area (Å²) in [4.78, 5) is 6.33. The summed E-state index contributed by atoms with van der Waals surface area (Å²) < 4.78 is 26.5. The fourth-order valence-corrected chi connectivity index (χ4v) is 6.51. The van der Waals surface area contributed by atoms with E-state index in [0.29, 0.717) is 16.5 Å². The Kier molecular flexibility index (Phi) is 8.05. The average Bonchev–Trinajstić information content (AvgIpc) is 2.76. The number of nitrogens with zero attached hydrogens (tertiary/aromatic N) is 3. The molecule has 5 nitrogen and oxygen atoms in total. The number of aryl methyl sites for hydroxylation is 2. The van der Waals surface area contributed by atoms with Gasteiger partial charge in [0.2, 0.25) is 0 Å². The summed E-state index contributed by atoms with van der Waals surface area (Å²) in [7, 11) is 0.621. The molecule has 0 radical (unpaired) electrons. The Bertz CT molecular complexity index is 1130. The third-order valence-corrected chi connectivity index (χ3v) is 8.84. The second-order valence-corrected chi connectivity index (χ2v) is 11.6. The predicted octanol–water partition coefficient (Wildman–Crippen LogP) is 4.64. The van der Waals surface area contributed by atoms with E-state index in [1.54, 1.807) is 18.2 Å². The third-order valence-electron chi connectivity index (χ3n) is 5.83. The smallest absolute Gasteiger partial charge is 0.183 e. The van der Waals surface area contributed by atoms with Crippen molar-refractivity contribution in [3.05, 3.63) is 65.4 Å². The number of likely N-dealkylation sites (tertiary alicyclic amines) is 1.